The van der Waals surface area contributed by atoms with Gasteiger partial charge in [0.2, 0.25) is 10.0 Å². The Kier molecular flexibility index (Phi) is 4.90. The van der Waals surface area contributed by atoms with E-state index in [9.17, 15) is 8.42 Å². The zero-order chi connectivity index (χ0) is 14.8. The Morgan fingerprint density at radius 3 is 2.70 bits per heavy atom. The third-order valence-corrected chi connectivity index (χ3v) is 5.60. The zero-order valence-electron chi connectivity index (χ0n) is 11.3. The summed E-state index contributed by atoms with van der Waals surface area (Å²) in [5.74, 6) is 0.276. The van der Waals surface area contributed by atoms with Crippen LogP contribution in [-0.4, -0.2) is 27.7 Å². The number of halogens is 1. The molecule has 0 saturated carbocycles. The molecule has 1 aromatic carbocycles. The highest BCUT2D eigenvalue weighted by atomic mass is 35.5. The fourth-order valence-electron chi connectivity index (χ4n) is 2.35. The van der Waals surface area contributed by atoms with Gasteiger partial charge in [-0.2, -0.15) is 0 Å². The van der Waals surface area contributed by atoms with Gasteiger partial charge >= 0.3 is 0 Å². The lowest BCUT2D eigenvalue weighted by atomic mass is 9.94. The van der Waals surface area contributed by atoms with Crippen LogP contribution in [0.3, 0.4) is 0 Å². The summed E-state index contributed by atoms with van der Waals surface area (Å²) in [5, 5.41) is 0.172. The molecule has 0 aliphatic carbocycles. The summed E-state index contributed by atoms with van der Waals surface area (Å²) in [5.41, 5.74) is 6.00. The van der Waals surface area contributed by atoms with Gasteiger partial charge in [-0.15, -0.1) is 0 Å². The van der Waals surface area contributed by atoms with Gasteiger partial charge in [0.1, 0.15) is 4.90 Å². The van der Waals surface area contributed by atoms with Crippen LogP contribution in [0.15, 0.2) is 23.1 Å². The van der Waals surface area contributed by atoms with Crippen LogP contribution in [0.5, 0.6) is 0 Å². The quantitative estimate of drug-likeness (QED) is 0.832. The fraction of sp³-hybridized carbons (Fsp3) is 0.538. The number of rotatable bonds is 4. The molecule has 7 heteroatoms. The molecule has 0 amide bonds. The van der Waals surface area contributed by atoms with Crippen LogP contribution in [0.4, 0.5) is 5.69 Å². The molecule has 3 N–H and O–H groups in total. The van der Waals surface area contributed by atoms with Gasteiger partial charge in [-0.1, -0.05) is 11.6 Å². The Bertz CT molecular complexity index is 571. The van der Waals surface area contributed by atoms with Gasteiger partial charge in [-0.3, -0.25) is 0 Å². The van der Waals surface area contributed by atoms with Crippen LogP contribution in [0.2, 0.25) is 5.02 Å². The van der Waals surface area contributed by atoms with E-state index in [2.05, 4.69) is 4.72 Å². The topological polar surface area (TPSA) is 81.4 Å². The van der Waals surface area contributed by atoms with Crippen LogP contribution in [-0.2, 0) is 14.8 Å². The van der Waals surface area contributed by atoms with Gasteiger partial charge in [-0.05, 0) is 43.9 Å². The Balaban J connectivity index is 2.16. The van der Waals surface area contributed by atoms with Gasteiger partial charge in [0.25, 0.3) is 0 Å². The number of nitrogens with one attached hydrogen (secondary N) is 1. The molecule has 1 fully saturated rings. The molecule has 112 valence electrons. The number of anilines is 1. The highest BCUT2D eigenvalue weighted by Gasteiger charge is 2.26. The minimum Gasteiger partial charge on any atom is -0.399 e. The van der Waals surface area contributed by atoms with E-state index >= 15 is 0 Å². The fourth-order valence-corrected chi connectivity index (χ4v) is 4.19. The van der Waals surface area contributed by atoms with Crippen LogP contribution >= 0.6 is 11.6 Å². The predicted octanol–water partition coefficient (Wildman–Crippen LogP) is 2.02. The van der Waals surface area contributed by atoms with Gasteiger partial charge < -0.3 is 10.5 Å². The highest BCUT2D eigenvalue weighted by Crippen LogP contribution is 2.25. The summed E-state index contributed by atoms with van der Waals surface area (Å²) in [6.45, 7) is 3.22. The average molecular weight is 319 g/mol. The van der Waals surface area contributed by atoms with Crippen LogP contribution in [0.1, 0.15) is 19.8 Å². The first-order chi connectivity index (χ1) is 9.40. The first-order valence-corrected chi connectivity index (χ1v) is 8.41. The Morgan fingerprint density at radius 1 is 1.40 bits per heavy atom. The van der Waals surface area contributed by atoms with Crippen molar-refractivity contribution in [1.82, 2.24) is 4.72 Å². The maximum absolute atomic E-state index is 12.4. The van der Waals surface area contributed by atoms with Crippen molar-refractivity contribution in [1.29, 1.82) is 0 Å². The lowest BCUT2D eigenvalue weighted by molar-refractivity contribution is 0.0585. The van der Waals surface area contributed by atoms with Crippen LogP contribution < -0.4 is 10.5 Å². The molecular formula is C13H19ClN2O3S. The third kappa shape index (κ3) is 3.63. The largest absolute Gasteiger partial charge is 0.399 e. The molecule has 1 aromatic rings. The molecule has 1 saturated heterocycles. The first-order valence-electron chi connectivity index (χ1n) is 6.55. The minimum absolute atomic E-state index is 0.0260. The number of hydrogen-bond donors (Lipinski definition) is 2. The van der Waals surface area contributed by atoms with E-state index in [1.807, 2.05) is 6.92 Å². The van der Waals surface area contributed by atoms with E-state index in [4.69, 9.17) is 22.1 Å². The lowest BCUT2D eigenvalue weighted by Gasteiger charge is -2.28. The Hall–Kier alpha value is -0.820. The first kappa shape index (κ1) is 15.6. The molecule has 1 heterocycles. The molecule has 0 radical (unpaired) electrons. The Labute approximate surface area is 124 Å². The smallest absolute Gasteiger partial charge is 0.242 e. The number of nitrogens with two attached hydrogens (primary N) is 1. The van der Waals surface area contributed by atoms with Gasteiger partial charge in [-0.25, -0.2) is 13.1 Å². The van der Waals surface area contributed by atoms with Gasteiger partial charge in [0.05, 0.1) is 5.02 Å². The molecule has 0 bridgehead atoms. The van der Waals surface area contributed by atoms with E-state index in [0.29, 0.717) is 18.9 Å². The molecule has 1 aliphatic rings. The maximum atomic E-state index is 12.4. The van der Waals surface area contributed by atoms with Crippen molar-refractivity contribution in [3.05, 3.63) is 23.2 Å². The van der Waals surface area contributed by atoms with Crippen LogP contribution in [0.25, 0.3) is 0 Å². The number of hydrogen-bond acceptors (Lipinski definition) is 4. The normalized spacial score (nSPS) is 18.9. The van der Waals surface area contributed by atoms with Crippen molar-refractivity contribution in [2.45, 2.75) is 30.7 Å². The number of nitrogen functional groups attached to an aromatic ring is 1. The summed E-state index contributed by atoms with van der Waals surface area (Å²) in [7, 11) is -3.66. The maximum Gasteiger partial charge on any atom is 0.242 e. The predicted molar refractivity (Wildman–Crippen MR) is 79.2 cm³/mol. The van der Waals surface area contributed by atoms with Crippen molar-refractivity contribution in [2.24, 2.45) is 5.92 Å². The second-order valence-corrected chi connectivity index (χ2v) is 7.14. The van der Waals surface area contributed by atoms with Crippen molar-refractivity contribution >= 4 is 27.3 Å². The molecule has 1 atom stereocenters. The molecule has 5 nitrogen and oxygen atoms in total. The van der Waals surface area contributed by atoms with Crippen LogP contribution in [0, 0.1) is 5.92 Å². The van der Waals surface area contributed by atoms with E-state index < -0.39 is 10.0 Å². The monoisotopic (exact) mass is 318 g/mol. The third-order valence-electron chi connectivity index (χ3n) is 3.56. The molecule has 1 aliphatic heterocycles. The van der Waals surface area contributed by atoms with Crippen molar-refractivity contribution in [3.8, 4) is 0 Å². The van der Waals surface area contributed by atoms with E-state index in [-0.39, 0.29) is 21.9 Å². The van der Waals surface area contributed by atoms with Crippen molar-refractivity contribution in [3.63, 3.8) is 0 Å². The molecular weight excluding hydrogens is 300 g/mol. The number of benzene rings is 1. The molecule has 1 unspecified atom stereocenters. The molecule has 0 aromatic heterocycles. The number of sulfonamides is 1. The Morgan fingerprint density at radius 2 is 2.05 bits per heavy atom. The zero-order valence-corrected chi connectivity index (χ0v) is 12.9. The van der Waals surface area contributed by atoms with E-state index in [0.717, 1.165) is 12.8 Å². The summed E-state index contributed by atoms with van der Waals surface area (Å²) in [4.78, 5) is 0.0260. The average Bonchev–Trinajstić information content (AvgIpc) is 2.42. The molecule has 0 spiro atoms. The standard InChI is InChI=1S/C13H19ClN2O3S/c1-9(10-4-6-19-7-5-10)16-20(17,18)13-8-11(15)2-3-12(13)14/h2-3,8-10,16H,4-7,15H2,1H3. The highest BCUT2D eigenvalue weighted by molar-refractivity contribution is 7.89. The molecule has 2 rings (SSSR count). The molecule has 20 heavy (non-hydrogen) atoms. The van der Waals surface area contributed by atoms with Crippen molar-refractivity contribution in [2.75, 3.05) is 18.9 Å². The SMILES string of the molecule is CC(NS(=O)(=O)c1cc(N)ccc1Cl)C1CCOCC1. The summed E-state index contributed by atoms with van der Waals surface area (Å²) >= 11 is 5.96. The van der Waals surface area contributed by atoms with Crippen molar-refractivity contribution < 1.29 is 13.2 Å². The second-order valence-electron chi connectivity index (χ2n) is 5.05. The van der Waals surface area contributed by atoms with E-state index in [1.165, 1.54) is 12.1 Å². The lowest BCUT2D eigenvalue weighted by Crippen LogP contribution is -2.40. The van der Waals surface area contributed by atoms with Gasteiger partial charge in [0, 0.05) is 24.9 Å². The summed E-state index contributed by atoms with van der Waals surface area (Å²) < 4.78 is 32.7. The number of ether oxygens (including phenoxy) is 1. The second kappa shape index (κ2) is 6.30. The van der Waals surface area contributed by atoms with E-state index in [1.54, 1.807) is 6.07 Å². The summed E-state index contributed by atoms with van der Waals surface area (Å²) in [6, 6.07) is 4.27. The summed E-state index contributed by atoms with van der Waals surface area (Å²) in [6.07, 6.45) is 1.71. The van der Waals surface area contributed by atoms with Gasteiger partial charge in [0.15, 0.2) is 0 Å². The minimum atomic E-state index is -3.66.